The van der Waals surface area contributed by atoms with Crippen LogP contribution in [0.4, 0.5) is 11.4 Å². The van der Waals surface area contributed by atoms with Crippen molar-refractivity contribution < 1.29 is 19.1 Å². The van der Waals surface area contributed by atoms with Crippen LogP contribution in [0.1, 0.15) is 20.7 Å². The van der Waals surface area contributed by atoms with Crippen molar-refractivity contribution in [2.24, 2.45) is 0 Å². The molecule has 0 unspecified atom stereocenters. The number of nitrogens with one attached hydrogen (secondary N) is 2. The third kappa shape index (κ3) is 5.63. The summed E-state index contributed by atoms with van der Waals surface area (Å²) in [5.41, 5.74) is 1.90. The fraction of sp³-hybridized carbons (Fsp3) is 0.0741. The molecule has 4 aromatic carbocycles. The number of thioether (sulfide) groups is 1. The van der Waals surface area contributed by atoms with Gasteiger partial charge >= 0.3 is 5.97 Å². The number of anilines is 2. The van der Waals surface area contributed by atoms with Crippen LogP contribution in [0.3, 0.4) is 0 Å². The molecular formula is C27H22N2O4S. The Bertz CT molecular complexity index is 1370. The number of esters is 1. The molecule has 0 bridgehead atoms. The zero-order valence-electron chi connectivity index (χ0n) is 18.4. The van der Waals surface area contributed by atoms with Crippen molar-refractivity contribution in [2.45, 2.75) is 4.90 Å². The lowest BCUT2D eigenvalue weighted by molar-refractivity contribution is -0.113. The molecule has 6 nitrogen and oxygen atoms in total. The summed E-state index contributed by atoms with van der Waals surface area (Å²) >= 11 is 1.33. The average molecular weight is 471 g/mol. The van der Waals surface area contributed by atoms with E-state index in [4.69, 9.17) is 4.74 Å². The molecule has 0 heterocycles. The first-order valence-electron chi connectivity index (χ1n) is 10.5. The lowest BCUT2D eigenvalue weighted by atomic mass is 10.1. The van der Waals surface area contributed by atoms with Crippen molar-refractivity contribution in [1.82, 2.24) is 0 Å². The smallest absolute Gasteiger partial charge is 0.339 e. The fourth-order valence-corrected chi connectivity index (χ4v) is 4.17. The van der Waals surface area contributed by atoms with Gasteiger partial charge in [0.15, 0.2) is 0 Å². The van der Waals surface area contributed by atoms with Gasteiger partial charge in [0, 0.05) is 16.1 Å². The molecule has 34 heavy (non-hydrogen) atoms. The Labute approximate surface area is 201 Å². The van der Waals surface area contributed by atoms with Gasteiger partial charge in [0.1, 0.15) is 0 Å². The lowest BCUT2D eigenvalue weighted by Crippen LogP contribution is -2.17. The Balaban J connectivity index is 1.37. The van der Waals surface area contributed by atoms with Crippen molar-refractivity contribution in [3.63, 3.8) is 0 Å². The van der Waals surface area contributed by atoms with Crippen molar-refractivity contribution in [3.8, 4) is 0 Å². The van der Waals surface area contributed by atoms with Crippen LogP contribution in [0, 0.1) is 0 Å². The largest absolute Gasteiger partial charge is 0.465 e. The van der Waals surface area contributed by atoms with Gasteiger partial charge in [-0.05, 0) is 53.2 Å². The molecule has 2 N–H and O–H groups in total. The minimum atomic E-state index is -0.515. The quantitative estimate of drug-likeness (QED) is 0.271. The number of carbonyl (C=O) groups is 3. The molecule has 0 saturated carbocycles. The number of methoxy groups -OCH3 is 1. The number of amides is 2. The number of fused-ring (bicyclic) bond motifs is 1. The second kappa shape index (κ2) is 10.7. The van der Waals surface area contributed by atoms with Crippen LogP contribution in [-0.4, -0.2) is 30.6 Å². The second-order valence-electron chi connectivity index (χ2n) is 7.42. The van der Waals surface area contributed by atoms with Gasteiger partial charge in [0.2, 0.25) is 5.91 Å². The molecular weight excluding hydrogens is 448 g/mol. The first-order valence-corrected chi connectivity index (χ1v) is 11.5. The van der Waals surface area contributed by atoms with Gasteiger partial charge in [-0.15, -0.1) is 11.8 Å². The molecule has 0 aliphatic rings. The van der Waals surface area contributed by atoms with E-state index in [9.17, 15) is 14.4 Å². The molecule has 7 heteroatoms. The predicted molar refractivity (Wildman–Crippen MR) is 135 cm³/mol. The molecule has 0 aromatic heterocycles. The van der Waals surface area contributed by atoms with Crippen LogP contribution in [0.15, 0.2) is 95.9 Å². The highest BCUT2D eigenvalue weighted by Crippen LogP contribution is 2.24. The summed E-state index contributed by atoms with van der Waals surface area (Å²) in [5.74, 6) is -0.840. The Morgan fingerprint density at radius 3 is 2.38 bits per heavy atom. The number of benzene rings is 4. The summed E-state index contributed by atoms with van der Waals surface area (Å²) in [6.07, 6.45) is 0. The monoisotopic (exact) mass is 470 g/mol. The van der Waals surface area contributed by atoms with Gasteiger partial charge in [-0.1, -0.05) is 48.5 Å². The number of para-hydroxylation sites is 1. The Kier molecular flexibility index (Phi) is 7.25. The standard InChI is InChI=1S/C27H22N2O4S/c1-33-27(32)23-11-4-5-12-24(23)29-25(30)17-34-22-10-6-9-21(16-22)28-26(31)20-14-13-18-7-2-3-8-19(18)15-20/h2-16H,17H2,1H3,(H,28,31)(H,29,30). The van der Waals surface area contributed by atoms with E-state index < -0.39 is 5.97 Å². The first kappa shape index (κ1) is 23.1. The van der Waals surface area contributed by atoms with E-state index in [0.717, 1.165) is 15.7 Å². The van der Waals surface area contributed by atoms with E-state index in [2.05, 4.69) is 10.6 Å². The number of carbonyl (C=O) groups excluding carboxylic acids is 3. The predicted octanol–water partition coefficient (Wildman–Crippen LogP) is 5.61. The number of rotatable bonds is 7. The molecule has 0 aliphatic carbocycles. The molecule has 0 spiro atoms. The average Bonchev–Trinajstić information content (AvgIpc) is 2.87. The lowest BCUT2D eigenvalue weighted by Gasteiger charge is -2.10. The topological polar surface area (TPSA) is 84.5 Å². The number of hydrogen-bond acceptors (Lipinski definition) is 5. The van der Waals surface area contributed by atoms with Crippen molar-refractivity contribution in [1.29, 1.82) is 0 Å². The molecule has 170 valence electrons. The minimum absolute atomic E-state index is 0.136. The Morgan fingerprint density at radius 1 is 0.794 bits per heavy atom. The van der Waals surface area contributed by atoms with Crippen LogP contribution in [-0.2, 0) is 9.53 Å². The molecule has 4 rings (SSSR count). The van der Waals surface area contributed by atoms with E-state index in [1.807, 2.05) is 54.6 Å². The molecule has 0 aliphatic heterocycles. The van der Waals surface area contributed by atoms with Gasteiger partial charge in [-0.25, -0.2) is 4.79 Å². The van der Waals surface area contributed by atoms with E-state index >= 15 is 0 Å². The van der Waals surface area contributed by atoms with Gasteiger partial charge < -0.3 is 15.4 Å². The maximum Gasteiger partial charge on any atom is 0.339 e. The molecule has 0 saturated heterocycles. The molecule has 0 atom stereocenters. The molecule has 4 aromatic rings. The van der Waals surface area contributed by atoms with Gasteiger partial charge in [0.25, 0.3) is 5.91 Å². The van der Waals surface area contributed by atoms with E-state index in [1.165, 1.54) is 18.9 Å². The zero-order valence-corrected chi connectivity index (χ0v) is 19.2. The van der Waals surface area contributed by atoms with Crippen LogP contribution < -0.4 is 10.6 Å². The van der Waals surface area contributed by atoms with Crippen molar-refractivity contribution >= 4 is 51.7 Å². The van der Waals surface area contributed by atoms with Gasteiger partial charge in [0.05, 0.1) is 24.1 Å². The summed E-state index contributed by atoms with van der Waals surface area (Å²) in [4.78, 5) is 37.9. The van der Waals surface area contributed by atoms with Crippen LogP contribution >= 0.6 is 11.8 Å². The number of ether oxygens (including phenoxy) is 1. The fourth-order valence-electron chi connectivity index (χ4n) is 3.41. The summed E-state index contributed by atoms with van der Waals surface area (Å²) in [6, 6.07) is 27.4. The SMILES string of the molecule is COC(=O)c1ccccc1NC(=O)CSc1cccc(NC(=O)c2ccc3ccccc3c2)c1. The molecule has 0 radical (unpaired) electrons. The van der Waals surface area contributed by atoms with E-state index in [-0.39, 0.29) is 17.6 Å². The Hall–Kier alpha value is -4.10. The van der Waals surface area contributed by atoms with Crippen molar-refractivity contribution in [3.05, 3.63) is 102 Å². The highest BCUT2D eigenvalue weighted by atomic mass is 32.2. The van der Waals surface area contributed by atoms with Crippen molar-refractivity contribution in [2.75, 3.05) is 23.5 Å². The summed E-state index contributed by atoms with van der Waals surface area (Å²) < 4.78 is 4.76. The third-order valence-electron chi connectivity index (χ3n) is 5.08. The second-order valence-corrected chi connectivity index (χ2v) is 8.47. The first-order chi connectivity index (χ1) is 16.5. The summed E-state index contributed by atoms with van der Waals surface area (Å²) in [5, 5.41) is 7.73. The molecule has 0 fully saturated rings. The van der Waals surface area contributed by atoms with Gasteiger partial charge in [-0.2, -0.15) is 0 Å². The van der Waals surface area contributed by atoms with E-state index in [0.29, 0.717) is 22.5 Å². The maximum absolute atomic E-state index is 12.7. The maximum atomic E-state index is 12.7. The normalized spacial score (nSPS) is 10.5. The molecule has 2 amide bonds. The highest BCUT2D eigenvalue weighted by Gasteiger charge is 2.14. The third-order valence-corrected chi connectivity index (χ3v) is 6.07. The van der Waals surface area contributed by atoms with Crippen LogP contribution in [0.25, 0.3) is 10.8 Å². The van der Waals surface area contributed by atoms with Crippen LogP contribution in [0.2, 0.25) is 0 Å². The zero-order chi connectivity index (χ0) is 23.9. The highest BCUT2D eigenvalue weighted by molar-refractivity contribution is 8.00. The minimum Gasteiger partial charge on any atom is -0.465 e. The summed E-state index contributed by atoms with van der Waals surface area (Å²) in [7, 11) is 1.29. The van der Waals surface area contributed by atoms with Crippen LogP contribution in [0.5, 0.6) is 0 Å². The van der Waals surface area contributed by atoms with Gasteiger partial charge in [-0.3, -0.25) is 9.59 Å². The Morgan fingerprint density at radius 2 is 1.56 bits per heavy atom. The number of hydrogen-bond donors (Lipinski definition) is 2. The summed E-state index contributed by atoms with van der Waals surface area (Å²) in [6.45, 7) is 0. The van der Waals surface area contributed by atoms with E-state index in [1.54, 1.807) is 36.4 Å².